The molecule has 2 rings (SSSR count). The molecule has 0 bridgehead atoms. The second kappa shape index (κ2) is 3.91. The van der Waals surface area contributed by atoms with Gasteiger partial charge < -0.3 is 10.0 Å². The van der Waals surface area contributed by atoms with Crippen molar-refractivity contribution in [1.29, 1.82) is 0 Å². The van der Waals surface area contributed by atoms with E-state index < -0.39 is 0 Å². The van der Waals surface area contributed by atoms with E-state index in [1.807, 2.05) is 0 Å². The van der Waals surface area contributed by atoms with Crippen molar-refractivity contribution >= 4 is 21.6 Å². The van der Waals surface area contributed by atoms with Crippen LogP contribution in [-0.2, 0) is 6.42 Å². The van der Waals surface area contributed by atoms with Crippen molar-refractivity contribution in [3.05, 3.63) is 28.2 Å². The standard InChI is InChI=1S/C11H14BrNO/c1-13-8(5-6-14)7-9-10(12)3-2-4-11(9)13/h2-4,8,14H,5-7H2,1H3. The number of nitrogens with zero attached hydrogens (tertiary/aromatic N) is 1. The van der Waals surface area contributed by atoms with E-state index in [4.69, 9.17) is 5.11 Å². The highest BCUT2D eigenvalue weighted by molar-refractivity contribution is 9.10. The first-order valence-electron chi connectivity index (χ1n) is 4.85. The monoisotopic (exact) mass is 255 g/mol. The Balaban J connectivity index is 2.30. The molecule has 2 nitrogen and oxygen atoms in total. The quantitative estimate of drug-likeness (QED) is 0.876. The van der Waals surface area contributed by atoms with Crippen LogP contribution in [0, 0.1) is 0 Å². The van der Waals surface area contributed by atoms with Crippen LogP contribution in [0.3, 0.4) is 0 Å². The molecule has 0 saturated carbocycles. The van der Waals surface area contributed by atoms with Crippen molar-refractivity contribution in [3.63, 3.8) is 0 Å². The molecule has 0 amide bonds. The van der Waals surface area contributed by atoms with Crippen LogP contribution in [-0.4, -0.2) is 24.8 Å². The lowest BCUT2D eigenvalue weighted by Gasteiger charge is -2.21. The Morgan fingerprint density at radius 3 is 3.00 bits per heavy atom. The average Bonchev–Trinajstić information content (AvgIpc) is 2.48. The first-order valence-corrected chi connectivity index (χ1v) is 5.64. The molecule has 1 aliphatic heterocycles. The second-order valence-electron chi connectivity index (χ2n) is 3.72. The molecule has 0 radical (unpaired) electrons. The van der Waals surface area contributed by atoms with E-state index in [0.717, 1.165) is 12.8 Å². The number of aliphatic hydroxyl groups excluding tert-OH is 1. The molecular formula is C11H14BrNO. The first kappa shape index (κ1) is 9.99. The molecule has 14 heavy (non-hydrogen) atoms. The lowest BCUT2D eigenvalue weighted by molar-refractivity contribution is 0.275. The molecule has 0 saturated heterocycles. The topological polar surface area (TPSA) is 23.5 Å². The third kappa shape index (κ3) is 1.55. The molecule has 0 aliphatic carbocycles. The van der Waals surface area contributed by atoms with Gasteiger partial charge in [0.2, 0.25) is 0 Å². The zero-order valence-corrected chi connectivity index (χ0v) is 9.79. The Morgan fingerprint density at radius 2 is 2.36 bits per heavy atom. The van der Waals surface area contributed by atoms with Crippen LogP contribution in [0.1, 0.15) is 12.0 Å². The van der Waals surface area contributed by atoms with Crippen LogP contribution in [0.5, 0.6) is 0 Å². The number of aliphatic hydroxyl groups is 1. The van der Waals surface area contributed by atoms with Crippen LogP contribution in [0.4, 0.5) is 5.69 Å². The summed E-state index contributed by atoms with van der Waals surface area (Å²) in [6.07, 6.45) is 1.88. The molecule has 1 N–H and O–H groups in total. The van der Waals surface area contributed by atoms with Gasteiger partial charge in [0.05, 0.1) is 0 Å². The van der Waals surface area contributed by atoms with Crippen molar-refractivity contribution < 1.29 is 5.11 Å². The number of hydrogen-bond donors (Lipinski definition) is 1. The molecule has 0 aromatic heterocycles. The third-order valence-corrected chi connectivity index (χ3v) is 3.67. The maximum Gasteiger partial charge on any atom is 0.0450 e. The van der Waals surface area contributed by atoms with Gasteiger partial charge in [-0.05, 0) is 30.5 Å². The molecule has 1 atom stereocenters. The van der Waals surface area contributed by atoms with Gasteiger partial charge in [-0.1, -0.05) is 22.0 Å². The zero-order chi connectivity index (χ0) is 10.1. The normalized spacial score (nSPS) is 19.9. The fourth-order valence-corrected chi connectivity index (χ4v) is 2.61. The van der Waals surface area contributed by atoms with E-state index in [1.165, 1.54) is 15.7 Å². The molecule has 76 valence electrons. The van der Waals surface area contributed by atoms with E-state index >= 15 is 0 Å². The summed E-state index contributed by atoms with van der Waals surface area (Å²) in [6.45, 7) is 0.264. The number of rotatable bonds is 2. The largest absolute Gasteiger partial charge is 0.396 e. The fourth-order valence-electron chi connectivity index (χ4n) is 2.09. The predicted octanol–water partition coefficient (Wildman–Crippen LogP) is 2.19. The summed E-state index contributed by atoms with van der Waals surface area (Å²) in [5.41, 5.74) is 2.66. The van der Waals surface area contributed by atoms with Gasteiger partial charge in [0.15, 0.2) is 0 Å². The van der Waals surface area contributed by atoms with Crippen molar-refractivity contribution in [2.45, 2.75) is 18.9 Å². The van der Waals surface area contributed by atoms with Crippen LogP contribution in [0.25, 0.3) is 0 Å². The summed E-state index contributed by atoms with van der Waals surface area (Å²) >= 11 is 3.56. The van der Waals surface area contributed by atoms with E-state index in [1.54, 1.807) is 0 Å². The SMILES string of the molecule is CN1c2cccc(Br)c2CC1CCO. The highest BCUT2D eigenvalue weighted by atomic mass is 79.9. The van der Waals surface area contributed by atoms with Gasteiger partial charge in [-0.2, -0.15) is 0 Å². The zero-order valence-electron chi connectivity index (χ0n) is 8.20. The lowest BCUT2D eigenvalue weighted by atomic mass is 10.1. The van der Waals surface area contributed by atoms with Gasteiger partial charge in [-0.3, -0.25) is 0 Å². The average molecular weight is 256 g/mol. The van der Waals surface area contributed by atoms with Gasteiger partial charge in [0, 0.05) is 29.9 Å². The molecular weight excluding hydrogens is 242 g/mol. The number of benzene rings is 1. The van der Waals surface area contributed by atoms with Gasteiger partial charge in [-0.15, -0.1) is 0 Å². The number of hydrogen-bond acceptors (Lipinski definition) is 2. The lowest BCUT2D eigenvalue weighted by Crippen LogP contribution is -2.28. The van der Waals surface area contributed by atoms with Crippen molar-refractivity contribution in [3.8, 4) is 0 Å². The van der Waals surface area contributed by atoms with Crippen LogP contribution < -0.4 is 4.90 Å². The van der Waals surface area contributed by atoms with Gasteiger partial charge in [0.25, 0.3) is 0 Å². The molecule has 0 spiro atoms. The molecule has 1 aliphatic rings. The minimum absolute atomic E-state index is 0.264. The van der Waals surface area contributed by atoms with Gasteiger partial charge >= 0.3 is 0 Å². The van der Waals surface area contributed by atoms with Crippen molar-refractivity contribution in [1.82, 2.24) is 0 Å². The summed E-state index contributed by atoms with van der Waals surface area (Å²) < 4.78 is 1.18. The minimum atomic E-state index is 0.264. The predicted molar refractivity (Wildman–Crippen MR) is 61.7 cm³/mol. The number of likely N-dealkylation sites (N-methyl/N-ethyl adjacent to an activating group) is 1. The maximum atomic E-state index is 8.95. The highest BCUT2D eigenvalue weighted by Gasteiger charge is 2.26. The smallest absolute Gasteiger partial charge is 0.0450 e. The summed E-state index contributed by atoms with van der Waals surface area (Å²) in [4.78, 5) is 2.26. The molecule has 1 heterocycles. The Kier molecular flexibility index (Phi) is 2.79. The molecule has 3 heteroatoms. The first-order chi connectivity index (χ1) is 6.74. The second-order valence-corrected chi connectivity index (χ2v) is 4.57. The molecule has 1 aromatic rings. The van der Waals surface area contributed by atoms with Crippen LogP contribution >= 0.6 is 15.9 Å². The molecule has 1 aromatic carbocycles. The van der Waals surface area contributed by atoms with Crippen LogP contribution in [0.2, 0.25) is 0 Å². The Morgan fingerprint density at radius 1 is 1.57 bits per heavy atom. The number of halogens is 1. The minimum Gasteiger partial charge on any atom is -0.396 e. The summed E-state index contributed by atoms with van der Waals surface area (Å²) in [5, 5.41) is 8.95. The summed E-state index contributed by atoms with van der Waals surface area (Å²) in [7, 11) is 2.10. The van der Waals surface area contributed by atoms with Gasteiger partial charge in [0.1, 0.15) is 0 Å². The molecule has 0 fully saturated rings. The summed E-state index contributed by atoms with van der Waals surface area (Å²) in [6, 6.07) is 6.72. The van der Waals surface area contributed by atoms with E-state index in [0.29, 0.717) is 6.04 Å². The summed E-state index contributed by atoms with van der Waals surface area (Å²) in [5.74, 6) is 0. The van der Waals surface area contributed by atoms with Crippen LogP contribution in [0.15, 0.2) is 22.7 Å². The fraction of sp³-hybridized carbons (Fsp3) is 0.455. The Bertz CT molecular complexity index is 340. The highest BCUT2D eigenvalue weighted by Crippen LogP contribution is 2.36. The van der Waals surface area contributed by atoms with Gasteiger partial charge in [-0.25, -0.2) is 0 Å². The van der Waals surface area contributed by atoms with Crippen molar-refractivity contribution in [2.24, 2.45) is 0 Å². The van der Waals surface area contributed by atoms with E-state index in [2.05, 4.69) is 46.1 Å². The van der Waals surface area contributed by atoms with E-state index in [9.17, 15) is 0 Å². The van der Waals surface area contributed by atoms with E-state index in [-0.39, 0.29) is 6.61 Å². The molecule has 1 unspecified atom stereocenters. The Labute approximate surface area is 92.7 Å². The maximum absolute atomic E-state index is 8.95. The third-order valence-electron chi connectivity index (χ3n) is 2.92. The Hall–Kier alpha value is -0.540. The number of anilines is 1. The number of fused-ring (bicyclic) bond motifs is 1. The van der Waals surface area contributed by atoms with Crippen molar-refractivity contribution in [2.75, 3.05) is 18.6 Å².